The van der Waals surface area contributed by atoms with E-state index >= 15 is 0 Å². The highest BCUT2D eigenvalue weighted by Gasteiger charge is 2.22. The molecule has 192 valence electrons. The molecule has 3 N–H and O–H groups in total. The molecule has 3 aromatic rings. The van der Waals surface area contributed by atoms with E-state index in [1.165, 1.54) is 11.7 Å². The summed E-state index contributed by atoms with van der Waals surface area (Å²) < 4.78 is 13.3. The lowest BCUT2D eigenvalue weighted by Gasteiger charge is -2.16. The Labute approximate surface area is 211 Å². The molecule has 0 aliphatic rings. The van der Waals surface area contributed by atoms with E-state index in [2.05, 4.69) is 4.99 Å². The summed E-state index contributed by atoms with van der Waals surface area (Å²) in [5.41, 5.74) is 0.0578. The second-order valence-electron chi connectivity index (χ2n) is 8.35. The van der Waals surface area contributed by atoms with Crippen molar-refractivity contribution in [3.8, 4) is 5.75 Å². The summed E-state index contributed by atoms with van der Waals surface area (Å²) in [6.45, 7) is 5.13. The van der Waals surface area contributed by atoms with Gasteiger partial charge in [-0.15, -0.1) is 0 Å². The molecule has 1 heterocycles. The molecule has 36 heavy (non-hydrogen) atoms. The Bertz CT molecular complexity index is 1440. The lowest BCUT2D eigenvalue weighted by Crippen LogP contribution is -2.58. The van der Waals surface area contributed by atoms with Gasteiger partial charge in [0.05, 0.1) is 24.9 Å². The average molecular weight is 518 g/mol. The van der Waals surface area contributed by atoms with E-state index in [1.54, 1.807) is 42.5 Å². The molecule has 1 aromatic heterocycles. The molecule has 3 rings (SSSR count). The van der Waals surface area contributed by atoms with E-state index in [9.17, 15) is 19.5 Å². The number of rotatable bonds is 9. The van der Waals surface area contributed by atoms with Crippen LogP contribution in [0.1, 0.15) is 25.0 Å². The zero-order valence-electron chi connectivity index (χ0n) is 20.3. The van der Waals surface area contributed by atoms with Crippen LogP contribution in [0.3, 0.4) is 0 Å². The molecule has 2 aromatic carbocycles. The smallest absolute Gasteiger partial charge is 0.353 e. The number of halogens is 1. The summed E-state index contributed by atoms with van der Waals surface area (Å²) in [5, 5.41) is 9.85. The molecule has 0 spiro atoms. The largest absolute Gasteiger partial charge is 0.491 e. The number of hydrogen-bond acceptors (Lipinski definition) is 7. The number of benzene rings is 2. The molecule has 0 amide bonds. The van der Waals surface area contributed by atoms with Crippen molar-refractivity contribution in [2.45, 2.75) is 46.1 Å². The monoisotopic (exact) mass is 517 g/mol. The summed E-state index contributed by atoms with van der Waals surface area (Å²) in [4.78, 5) is 42.4. The Balaban J connectivity index is 2.24. The van der Waals surface area contributed by atoms with Crippen LogP contribution in [0, 0.1) is 6.92 Å². The number of aryl methyl sites for hydroxylation is 1. The van der Waals surface area contributed by atoms with Gasteiger partial charge in [-0.1, -0.05) is 23.7 Å². The molecule has 0 fully saturated rings. The van der Waals surface area contributed by atoms with Gasteiger partial charge >= 0.3 is 17.3 Å². The summed E-state index contributed by atoms with van der Waals surface area (Å²) in [5.74, 6) is 5.45. The number of ether oxygens (including phenoxy) is 2. The van der Waals surface area contributed by atoms with Crippen molar-refractivity contribution >= 4 is 23.3 Å². The Hall–Kier alpha value is -3.83. The Morgan fingerprint density at radius 2 is 1.78 bits per heavy atom. The predicted octanol–water partition coefficient (Wildman–Crippen LogP) is 1.65. The van der Waals surface area contributed by atoms with Gasteiger partial charge in [0.1, 0.15) is 5.75 Å². The van der Waals surface area contributed by atoms with E-state index in [1.807, 2.05) is 20.8 Å². The van der Waals surface area contributed by atoms with E-state index in [-0.39, 0.29) is 18.3 Å². The van der Waals surface area contributed by atoms with Gasteiger partial charge in [-0.2, -0.15) is 4.68 Å². The number of carboxylic acid groups (broad SMARTS) is 1. The number of nitrogens with zero attached hydrogens (tertiary/aromatic N) is 4. The zero-order valence-corrected chi connectivity index (χ0v) is 21.1. The highest BCUT2D eigenvalue weighted by molar-refractivity contribution is 6.30. The van der Waals surface area contributed by atoms with Gasteiger partial charge in [0.2, 0.25) is 5.62 Å². The molecule has 0 bridgehead atoms. The van der Waals surface area contributed by atoms with Gasteiger partial charge < -0.3 is 20.4 Å². The summed E-state index contributed by atoms with van der Waals surface area (Å²) in [7, 11) is 1.17. The van der Waals surface area contributed by atoms with Crippen LogP contribution in [0.4, 0.5) is 5.69 Å². The average Bonchev–Trinajstić information content (AvgIpc) is 2.82. The Morgan fingerprint density at radius 3 is 2.33 bits per heavy atom. The van der Waals surface area contributed by atoms with Crippen LogP contribution >= 0.6 is 11.6 Å². The summed E-state index contributed by atoms with van der Waals surface area (Å²) >= 11 is 5.98. The van der Waals surface area contributed by atoms with Crippen LogP contribution in [0.25, 0.3) is 0 Å². The van der Waals surface area contributed by atoms with Crippen molar-refractivity contribution in [2.24, 2.45) is 4.99 Å². The van der Waals surface area contributed by atoms with Gasteiger partial charge in [-0.25, -0.2) is 23.9 Å². The van der Waals surface area contributed by atoms with Crippen molar-refractivity contribution in [1.82, 2.24) is 13.8 Å². The standard InChI is InChI=1S/C24H28ClN5O6/c1-14(2)36-19-10-9-18(11-15(19)3)27-22-28(12-16-5-7-17(25)8-6-16)23(33)29(24(34)30(22)26)13-20(35-4)21(31)32/h5-11,14,20H,12-13,26H2,1-4H3,(H,31,32)/b27-22-/t20-/m0/s1. The van der Waals surface area contributed by atoms with Crippen LogP contribution < -0.4 is 27.6 Å². The topological polar surface area (TPSA) is 143 Å². The SMILES string of the molecule is CO[C@@H](Cn1c(=O)n(N)/c(=N\c2ccc(OC(C)C)c(C)c2)n(Cc2ccc(Cl)cc2)c1=O)C(=O)O. The molecule has 0 aliphatic heterocycles. The number of hydrogen-bond donors (Lipinski definition) is 2. The van der Waals surface area contributed by atoms with Gasteiger partial charge in [-0.05, 0) is 62.2 Å². The second kappa shape index (κ2) is 11.3. The maximum atomic E-state index is 13.4. The van der Waals surface area contributed by atoms with Gasteiger partial charge in [0, 0.05) is 12.1 Å². The first kappa shape index (κ1) is 26.8. The first-order chi connectivity index (χ1) is 17.0. The lowest BCUT2D eigenvalue weighted by atomic mass is 10.2. The highest BCUT2D eigenvalue weighted by atomic mass is 35.5. The second-order valence-corrected chi connectivity index (χ2v) is 8.79. The Kier molecular flexibility index (Phi) is 8.38. The normalized spacial score (nSPS) is 12.7. The van der Waals surface area contributed by atoms with E-state index in [0.29, 0.717) is 31.3 Å². The number of nitrogen functional groups attached to an aromatic ring is 1. The molecule has 0 saturated carbocycles. The highest BCUT2D eigenvalue weighted by Crippen LogP contribution is 2.24. The predicted molar refractivity (Wildman–Crippen MR) is 134 cm³/mol. The van der Waals surface area contributed by atoms with Gasteiger partial charge in [0.25, 0.3) is 0 Å². The van der Waals surface area contributed by atoms with Crippen LogP contribution in [-0.2, 0) is 22.6 Å². The first-order valence-corrected chi connectivity index (χ1v) is 11.4. The first-order valence-electron chi connectivity index (χ1n) is 11.1. The van der Waals surface area contributed by atoms with Crippen molar-refractivity contribution < 1.29 is 19.4 Å². The number of carboxylic acids is 1. The quantitative estimate of drug-likeness (QED) is 0.411. The van der Waals surface area contributed by atoms with E-state index in [4.69, 9.17) is 26.9 Å². The lowest BCUT2D eigenvalue weighted by molar-refractivity contribution is -0.149. The third-order valence-electron chi connectivity index (χ3n) is 5.27. The summed E-state index contributed by atoms with van der Waals surface area (Å²) in [6, 6.07) is 11.9. The number of aliphatic carboxylic acids is 1. The van der Waals surface area contributed by atoms with E-state index < -0.39 is 30.0 Å². The van der Waals surface area contributed by atoms with Crippen LogP contribution in [0.5, 0.6) is 5.75 Å². The molecule has 0 aliphatic carbocycles. The van der Waals surface area contributed by atoms with Crippen molar-refractivity contribution in [1.29, 1.82) is 0 Å². The van der Waals surface area contributed by atoms with Crippen molar-refractivity contribution in [2.75, 3.05) is 13.0 Å². The fraction of sp³-hybridized carbons (Fsp3) is 0.333. The molecular weight excluding hydrogens is 490 g/mol. The minimum Gasteiger partial charge on any atom is -0.491 e. The van der Waals surface area contributed by atoms with Crippen LogP contribution in [0.15, 0.2) is 57.0 Å². The molecule has 0 unspecified atom stereocenters. The van der Waals surface area contributed by atoms with Crippen molar-refractivity contribution in [3.63, 3.8) is 0 Å². The van der Waals surface area contributed by atoms with Crippen molar-refractivity contribution in [3.05, 3.63) is 85.2 Å². The fourth-order valence-electron chi connectivity index (χ4n) is 3.46. The fourth-order valence-corrected chi connectivity index (χ4v) is 3.59. The van der Waals surface area contributed by atoms with E-state index in [0.717, 1.165) is 5.56 Å². The summed E-state index contributed by atoms with van der Waals surface area (Å²) in [6.07, 6.45) is -1.45. The maximum absolute atomic E-state index is 13.4. The van der Waals surface area contributed by atoms with Gasteiger partial charge in [-0.3, -0.25) is 4.57 Å². The minimum atomic E-state index is -1.43. The molecule has 11 nitrogen and oxygen atoms in total. The van der Waals surface area contributed by atoms with Crippen LogP contribution in [-0.4, -0.2) is 44.2 Å². The third-order valence-corrected chi connectivity index (χ3v) is 5.52. The number of nitrogens with two attached hydrogens (primary N) is 1. The molecule has 0 saturated heterocycles. The number of methoxy groups -OCH3 is 1. The number of aromatic nitrogens is 3. The third kappa shape index (κ3) is 6.04. The molecule has 12 heteroatoms. The molecule has 0 radical (unpaired) electrons. The number of carbonyl (C=O) groups is 1. The maximum Gasteiger partial charge on any atom is 0.353 e. The minimum absolute atomic E-state index is 0.00936. The zero-order chi connectivity index (χ0) is 26.6. The molecule has 1 atom stereocenters. The van der Waals surface area contributed by atoms with Crippen LogP contribution in [0.2, 0.25) is 5.02 Å². The van der Waals surface area contributed by atoms with Gasteiger partial charge in [0.15, 0.2) is 6.10 Å². The molecular formula is C24H28ClN5O6. The Morgan fingerprint density at radius 1 is 1.11 bits per heavy atom.